The molecule has 0 spiro atoms. The lowest BCUT2D eigenvalue weighted by Crippen LogP contribution is -2.15. The number of hydrogen-bond acceptors (Lipinski definition) is 6. The molecule has 0 fully saturated rings. The molecule has 0 radical (unpaired) electrons. The molecule has 0 bridgehead atoms. The molecule has 2 aromatic rings. The number of benzene rings is 1. The molecule has 5 nitrogen and oxygen atoms in total. The Morgan fingerprint density at radius 3 is 3.10 bits per heavy atom. The third-order valence-corrected chi connectivity index (χ3v) is 4.25. The van der Waals surface area contributed by atoms with Gasteiger partial charge in [-0.25, -0.2) is 4.98 Å². The molecule has 1 aromatic heterocycles. The van der Waals surface area contributed by atoms with Crippen LogP contribution in [0.5, 0.6) is 11.5 Å². The fraction of sp³-hybridized carbons (Fsp3) is 0.357. The number of nitrogens with one attached hydrogen (secondary N) is 1. The molecule has 21 heavy (non-hydrogen) atoms. The van der Waals surface area contributed by atoms with Gasteiger partial charge in [-0.2, -0.15) is 0 Å². The number of nitrogens with zero attached hydrogens (tertiary/aromatic N) is 1. The van der Waals surface area contributed by atoms with Crippen molar-refractivity contribution in [2.75, 3.05) is 38.8 Å². The zero-order valence-corrected chi connectivity index (χ0v) is 13.1. The summed E-state index contributed by atoms with van der Waals surface area (Å²) >= 11 is 7.82. The molecule has 1 aromatic carbocycles. The molecule has 112 valence electrons. The highest BCUT2D eigenvalue weighted by atomic mass is 35.5. The Balaban J connectivity index is 1.82. The van der Waals surface area contributed by atoms with Crippen molar-refractivity contribution >= 4 is 28.1 Å². The van der Waals surface area contributed by atoms with Crippen LogP contribution >= 0.6 is 22.9 Å². The molecular formula is C14H15ClN2O3S. The third-order valence-electron chi connectivity index (χ3n) is 2.97. The van der Waals surface area contributed by atoms with E-state index in [1.807, 2.05) is 18.3 Å². The average Bonchev–Trinajstić information content (AvgIpc) is 2.96. The number of halogens is 1. The van der Waals surface area contributed by atoms with E-state index in [0.29, 0.717) is 36.3 Å². The lowest BCUT2D eigenvalue weighted by Gasteiger charge is -2.20. The summed E-state index contributed by atoms with van der Waals surface area (Å²) in [4.78, 5) is 5.36. The Morgan fingerprint density at radius 1 is 1.38 bits per heavy atom. The molecular weight excluding hydrogens is 312 g/mol. The number of anilines is 1. The van der Waals surface area contributed by atoms with Crippen molar-refractivity contribution in [1.82, 2.24) is 4.98 Å². The lowest BCUT2D eigenvalue weighted by molar-refractivity contribution is 0.172. The number of aromatic nitrogens is 1. The van der Waals surface area contributed by atoms with Gasteiger partial charge in [0, 0.05) is 19.9 Å². The van der Waals surface area contributed by atoms with E-state index >= 15 is 0 Å². The smallest absolute Gasteiger partial charge is 0.183 e. The quantitative estimate of drug-likeness (QED) is 0.854. The molecule has 1 aliphatic rings. The van der Waals surface area contributed by atoms with Gasteiger partial charge in [0.2, 0.25) is 0 Å². The summed E-state index contributed by atoms with van der Waals surface area (Å²) in [6, 6.07) is 3.81. The van der Waals surface area contributed by atoms with Crippen molar-refractivity contribution < 1.29 is 14.2 Å². The topological polar surface area (TPSA) is 52.6 Å². The van der Waals surface area contributed by atoms with Gasteiger partial charge in [0.1, 0.15) is 13.2 Å². The van der Waals surface area contributed by atoms with Crippen molar-refractivity contribution in [2.24, 2.45) is 0 Å². The second-order valence-electron chi connectivity index (χ2n) is 4.43. The summed E-state index contributed by atoms with van der Waals surface area (Å²) in [5, 5.41) is 4.62. The van der Waals surface area contributed by atoms with E-state index in [4.69, 9.17) is 25.8 Å². The summed E-state index contributed by atoms with van der Waals surface area (Å²) < 4.78 is 16.1. The number of rotatable bonds is 5. The molecule has 0 amide bonds. The SMILES string of the molecule is COCCNc1ncc(-c2cc(Cl)c3c(c2)OCCO3)s1. The molecule has 1 N–H and O–H groups in total. The number of ether oxygens (including phenoxy) is 3. The molecule has 0 atom stereocenters. The monoisotopic (exact) mass is 326 g/mol. The molecule has 1 aliphatic heterocycles. The molecule has 3 rings (SSSR count). The standard InChI is InChI=1S/C14H15ClN2O3S/c1-18-3-2-16-14-17-8-12(21-14)9-6-10(15)13-11(7-9)19-4-5-20-13/h6-8H,2-5H2,1H3,(H,16,17). The van der Waals surface area contributed by atoms with Gasteiger partial charge in [-0.15, -0.1) is 0 Å². The summed E-state index contributed by atoms with van der Waals surface area (Å²) in [6.07, 6.45) is 1.82. The predicted molar refractivity (Wildman–Crippen MR) is 83.9 cm³/mol. The first-order valence-electron chi connectivity index (χ1n) is 6.56. The highest BCUT2D eigenvalue weighted by molar-refractivity contribution is 7.18. The van der Waals surface area contributed by atoms with E-state index in [0.717, 1.165) is 22.1 Å². The van der Waals surface area contributed by atoms with Crippen molar-refractivity contribution in [3.8, 4) is 21.9 Å². The molecule has 0 aliphatic carbocycles. The minimum Gasteiger partial charge on any atom is -0.486 e. The number of thiazole rings is 1. The van der Waals surface area contributed by atoms with Crippen LogP contribution in [-0.2, 0) is 4.74 Å². The Bertz CT molecular complexity index is 633. The zero-order valence-electron chi connectivity index (χ0n) is 11.5. The predicted octanol–water partition coefficient (Wildman–Crippen LogP) is 3.29. The highest BCUT2D eigenvalue weighted by Crippen LogP contribution is 2.42. The van der Waals surface area contributed by atoms with Gasteiger partial charge in [0.15, 0.2) is 16.6 Å². The maximum Gasteiger partial charge on any atom is 0.183 e. The maximum absolute atomic E-state index is 6.25. The van der Waals surface area contributed by atoms with Crippen molar-refractivity contribution in [2.45, 2.75) is 0 Å². The summed E-state index contributed by atoms with van der Waals surface area (Å²) in [5.41, 5.74) is 0.974. The van der Waals surface area contributed by atoms with Crippen LogP contribution in [0.1, 0.15) is 0 Å². The second kappa shape index (κ2) is 6.51. The zero-order chi connectivity index (χ0) is 14.7. The highest BCUT2D eigenvalue weighted by Gasteiger charge is 2.18. The largest absolute Gasteiger partial charge is 0.486 e. The number of fused-ring (bicyclic) bond motifs is 1. The van der Waals surface area contributed by atoms with Gasteiger partial charge in [-0.3, -0.25) is 0 Å². The van der Waals surface area contributed by atoms with Crippen LogP contribution in [0.4, 0.5) is 5.13 Å². The minimum absolute atomic E-state index is 0.528. The van der Waals surface area contributed by atoms with Crippen LogP contribution in [0.15, 0.2) is 18.3 Å². The van der Waals surface area contributed by atoms with E-state index in [9.17, 15) is 0 Å². The van der Waals surface area contributed by atoms with Gasteiger partial charge in [0.05, 0.1) is 16.5 Å². The van der Waals surface area contributed by atoms with Crippen LogP contribution in [0.3, 0.4) is 0 Å². The van der Waals surface area contributed by atoms with Crippen molar-refractivity contribution in [1.29, 1.82) is 0 Å². The summed E-state index contributed by atoms with van der Waals surface area (Å²) in [6.45, 7) is 2.44. The summed E-state index contributed by atoms with van der Waals surface area (Å²) in [5.74, 6) is 1.31. The number of methoxy groups -OCH3 is 1. The lowest BCUT2D eigenvalue weighted by atomic mass is 10.1. The van der Waals surface area contributed by atoms with Crippen molar-refractivity contribution in [3.05, 3.63) is 23.4 Å². The maximum atomic E-state index is 6.25. The Morgan fingerprint density at radius 2 is 2.24 bits per heavy atom. The van der Waals surface area contributed by atoms with E-state index in [1.165, 1.54) is 0 Å². The van der Waals surface area contributed by atoms with E-state index in [1.54, 1.807) is 18.4 Å². The Hall–Kier alpha value is -1.50. The summed E-state index contributed by atoms with van der Waals surface area (Å²) in [7, 11) is 1.67. The van der Waals surface area contributed by atoms with Gasteiger partial charge in [-0.1, -0.05) is 22.9 Å². The second-order valence-corrected chi connectivity index (χ2v) is 5.87. The van der Waals surface area contributed by atoms with Crippen LogP contribution < -0.4 is 14.8 Å². The number of hydrogen-bond donors (Lipinski definition) is 1. The van der Waals surface area contributed by atoms with E-state index in [2.05, 4.69) is 10.3 Å². The van der Waals surface area contributed by atoms with Crippen LogP contribution in [0.2, 0.25) is 5.02 Å². The van der Waals surface area contributed by atoms with Crippen LogP contribution in [0.25, 0.3) is 10.4 Å². The Kier molecular flexibility index (Phi) is 4.48. The average molecular weight is 327 g/mol. The van der Waals surface area contributed by atoms with Gasteiger partial charge >= 0.3 is 0 Å². The minimum atomic E-state index is 0.528. The van der Waals surface area contributed by atoms with Crippen LogP contribution in [0, 0.1) is 0 Å². The molecule has 0 saturated carbocycles. The first-order valence-corrected chi connectivity index (χ1v) is 7.75. The Labute approximate surface area is 131 Å². The molecule has 2 heterocycles. The normalized spacial score (nSPS) is 13.2. The fourth-order valence-electron chi connectivity index (χ4n) is 2.00. The van der Waals surface area contributed by atoms with Gasteiger partial charge in [0.25, 0.3) is 0 Å². The molecule has 0 saturated heterocycles. The first kappa shape index (κ1) is 14.4. The van der Waals surface area contributed by atoms with E-state index in [-0.39, 0.29) is 0 Å². The van der Waals surface area contributed by atoms with Crippen LogP contribution in [-0.4, -0.2) is 38.5 Å². The first-order chi connectivity index (χ1) is 10.3. The third kappa shape index (κ3) is 3.23. The van der Waals surface area contributed by atoms with Gasteiger partial charge in [-0.05, 0) is 17.7 Å². The fourth-order valence-corrected chi connectivity index (χ4v) is 3.10. The molecule has 7 heteroatoms. The molecule has 0 unspecified atom stereocenters. The van der Waals surface area contributed by atoms with Gasteiger partial charge < -0.3 is 19.5 Å². The van der Waals surface area contributed by atoms with E-state index < -0.39 is 0 Å². The van der Waals surface area contributed by atoms with Crippen molar-refractivity contribution in [3.63, 3.8) is 0 Å².